The van der Waals surface area contributed by atoms with Gasteiger partial charge in [-0.2, -0.15) is 8.42 Å². The van der Waals surface area contributed by atoms with E-state index >= 15 is 0 Å². The van der Waals surface area contributed by atoms with Gasteiger partial charge in [0.2, 0.25) is 0 Å². The quantitative estimate of drug-likeness (QED) is 0.350. The predicted molar refractivity (Wildman–Crippen MR) is 58.9 cm³/mol. The summed E-state index contributed by atoms with van der Waals surface area (Å²) in [4.78, 5) is 9.72. The van der Waals surface area contributed by atoms with E-state index in [0.29, 0.717) is 5.69 Å². The fraction of sp³-hybridized carbons (Fsp3) is 0.143. The van der Waals surface area contributed by atoms with Crippen molar-refractivity contribution in [3.63, 3.8) is 0 Å². The summed E-state index contributed by atoms with van der Waals surface area (Å²) in [5, 5.41) is 12.7. The van der Waals surface area contributed by atoms with Gasteiger partial charge in [0, 0.05) is 47.4 Å². The Kier molecular flexibility index (Phi) is 5.90. The van der Waals surface area contributed by atoms with Crippen LogP contribution in [0.3, 0.4) is 0 Å². The minimum Gasteiger partial charge on any atom is -0.370 e. The number of rotatable bonds is 4. The molecule has 0 heterocycles. The molecule has 0 unspecified atom stereocenters. The summed E-state index contributed by atoms with van der Waals surface area (Å²) in [5.74, 6) is -0.634. The molecular weight excluding hydrogens is 247 g/mol. The van der Waals surface area contributed by atoms with Gasteiger partial charge < -0.3 is 5.32 Å². The number of hydrogen-bond acceptors (Lipinski definition) is 5. The number of nitrogens with zero attached hydrogens (tertiary/aromatic N) is 1. The van der Waals surface area contributed by atoms with Crippen molar-refractivity contribution in [2.24, 2.45) is 0 Å². The van der Waals surface area contributed by atoms with E-state index in [-0.39, 0.29) is 35.2 Å². The minimum atomic E-state index is -4.09. The minimum absolute atomic E-state index is 0. The summed E-state index contributed by atoms with van der Waals surface area (Å²) in [6, 6.07) is 5.16. The molecule has 0 amide bonds. The van der Waals surface area contributed by atoms with Gasteiger partial charge in [0.25, 0.3) is 15.8 Å². The molecule has 7 nitrogen and oxygen atoms in total. The molecule has 83 valence electrons. The smallest absolute Gasteiger partial charge is 0.283 e. The molecule has 0 saturated carbocycles. The normalized spacial score (nSPS) is 10.3. The molecule has 1 aromatic rings. The fourth-order valence-corrected chi connectivity index (χ4v) is 1.22. The second kappa shape index (κ2) is 6.16. The summed E-state index contributed by atoms with van der Waals surface area (Å²) in [5.41, 5.74) is 0.283. The molecule has 1 radical (unpaired) electrons. The molecule has 0 aliphatic carbocycles. The van der Waals surface area contributed by atoms with Crippen LogP contribution in [0.25, 0.3) is 0 Å². The first-order chi connectivity index (χ1) is 6.88. The molecule has 0 spiro atoms. The SMILES string of the molecule is O=[N+]([O-])c1ccc(NCS(=O)(=O)O)cc1.[Na]. The Morgan fingerprint density at radius 1 is 1.31 bits per heavy atom. The van der Waals surface area contributed by atoms with Crippen molar-refractivity contribution >= 4 is 51.1 Å². The number of nitro groups is 1. The van der Waals surface area contributed by atoms with Crippen LogP contribution in [0.4, 0.5) is 11.4 Å². The van der Waals surface area contributed by atoms with Crippen LogP contribution >= 0.6 is 0 Å². The van der Waals surface area contributed by atoms with Gasteiger partial charge in [0.15, 0.2) is 0 Å². The van der Waals surface area contributed by atoms with E-state index in [1.165, 1.54) is 24.3 Å². The fourth-order valence-electron chi connectivity index (χ4n) is 0.876. The molecule has 0 aliphatic heterocycles. The number of hydrogen-bond donors (Lipinski definition) is 2. The second-order valence-corrected chi connectivity index (χ2v) is 4.16. The Balaban J connectivity index is 0.00000225. The maximum Gasteiger partial charge on any atom is 0.283 e. The van der Waals surface area contributed by atoms with E-state index in [4.69, 9.17) is 4.55 Å². The van der Waals surface area contributed by atoms with Gasteiger partial charge in [0.1, 0.15) is 5.88 Å². The Bertz CT molecular complexity index is 458. The first-order valence-electron chi connectivity index (χ1n) is 3.82. The second-order valence-electron chi connectivity index (χ2n) is 2.71. The van der Waals surface area contributed by atoms with Crippen molar-refractivity contribution < 1.29 is 17.9 Å². The average Bonchev–Trinajstić information content (AvgIpc) is 2.14. The predicted octanol–water partition coefficient (Wildman–Crippen LogP) is 0.471. The first kappa shape index (κ1) is 15.3. The Morgan fingerprint density at radius 2 is 1.81 bits per heavy atom. The average molecular weight is 255 g/mol. The summed E-state index contributed by atoms with van der Waals surface area (Å²) in [6.45, 7) is 0. The summed E-state index contributed by atoms with van der Waals surface area (Å²) in [6.07, 6.45) is 0. The van der Waals surface area contributed by atoms with E-state index in [0.717, 1.165) is 0 Å². The number of nitro benzene ring substituents is 1. The molecule has 0 atom stereocenters. The third-order valence-corrected chi connectivity index (χ3v) is 2.05. The van der Waals surface area contributed by atoms with Gasteiger partial charge in [-0.1, -0.05) is 0 Å². The van der Waals surface area contributed by atoms with Gasteiger partial charge >= 0.3 is 0 Å². The number of benzene rings is 1. The third kappa shape index (κ3) is 5.42. The molecule has 1 rings (SSSR count). The van der Waals surface area contributed by atoms with Crippen LogP contribution in [0, 0.1) is 10.1 Å². The van der Waals surface area contributed by atoms with Gasteiger partial charge in [-0.15, -0.1) is 0 Å². The van der Waals surface area contributed by atoms with Crippen LogP contribution in [-0.2, 0) is 10.1 Å². The molecule has 2 N–H and O–H groups in total. The van der Waals surface area contributed by atoms with Gasteiger partial charge in [-0.25, -0.2) is 0 Å². The number of nitrogens with one attached hydrogen (secondary N) is 1. The van der Waals surface area contributed by atoms with Gasteiger partial charge in [0.05, 0.1) is 4.92 Å². The third-order valence-electron chi connectivity index (χ3n) is 1.54. The van der Waals surface area contributed by atoms with Crippen LogP contribution in [-0.4, -0.2) is 53.3 Å². The van der Waals surface area contributed by atoms with Crippen molar-refractivity contribution in [1.82, 2.24) is 0 Å². The van der Waals surface area contributed by atoms with E-state index in [1.807, 2.05) is 0 Å². The van der Waals surface area contributed by atoms with Crippen LogP contribution < -0.4 is 5.32 Å². The van der Waals surface area contributed by atoms with Crippen LogP contribution in [0.2, 0.25) is 0 Å². The van der Waals surface area contributed by atoms with Crippen molar-refractivity contribution in [1.29, 1.82) is 0 Å². The monoisotopic (exact) mass is 255 g/mol. The zero-order chi connectivity index (χ0) is 11.5. The van der Waals surface area contributed by atoms with Gasteiger partial charge in [-0.05, 0) is 12.1 Å². The van der Waals surface area contributed by atoms with Crippen molar-refractivity contribution in [2.75, 3.05) is 11.2 Å². The van der Waals surface area contributed by atoms with Crippen molar-refractivity contribution in [2.45, 2.75) is 0 Å². The maximum atomic E-state index is 10.4. The molecule has 0 saturated heterocycles. The van der Waals surface area contributed by atoms with E-state index in [1.54, 1.807) is 0 Å². The molecule has 0 fully saturated rings. The zero-order valence-corrected chi connectivity index (χ0v) is 11.3. The van der Waals surface area contributed by atoms with Crippen molar-refractivity contribution in [3.05, 3.63) is 34.4 Å². The summed E-state index contributed by atoms with van der Waals surface area (Å²) in [7, 11) is -4.09. The molecule has 1 aromatic carbocycles. The van der Waals surface area contributed by atoms with E-state index in [9.17, 15) is 18.5 Å². The summed E-state index contributed by atoms with van der Waals surface area (Å²) < 4.78 is 29.2. The molecule has 16 heavy (non-hydrogen) atoms. The van der Waals surface area contributed by atoms with Crippen LogP contribution in [0.5, 0.6) is 0 Å². The molecule has 0 aliphatic rings. The first-order valence-corrected chi connectivity index (χ1v) is 5.43. The van der Waals surface area contributed by atoms with Crippen molar-refractivity contribution in [3.8, 4) is 0 Å². The Morgan fingerprint density at radius 3 is 2.19 bits per heavy atom. The largest absolute Gasteiger partial charge is 0.370 e. The number of non-ortho nitro benzene ring substituents is 1. The standard InChI is InChI=1S/C7H8N2O5S.Na/c10-9(11)7-3-1-6(2-4-7)8-5-15(12,13)14;/h1-4,8H,5H2,(H,12,13,14);. The number of anilines is 1. The molecule has 0 bridgehead atoms. The van der Waals surface area contributed by atoms with Gasteiger partial charge in [-0.3, -0.25) is 14.7 Å². The topological polar surface area (TPSA) is 110 Å². The van der Waals surface area contributed by atoms with E-state index in [2.05, 4.69) is 5.32 Å². The zero-order valence-electron chi connectivity index (χ0n) is 8.45. The van der Waals surface area contributed by atoms with Crippen LogP contribution in [0.1, 0.15) is 0 Å². The van der Waals surface area contributed by atoms with E-state index < -0.39 is 20.9 Å². The molecule has 9 heteroatoms. The van der Waals surface area contributed by atoms with Crippen LogP contribution in [0.15, 0.2) is 24.3 Å². The molecule has 0 aromatic heterocycles. The Hall–Kier alpha value is -0.670. The molecular formula is C7H8N2NaO5S. The maximum absolute atomic E-state index is 10.4. The Labute approximate surface area is 114 Å². The summed E-state index contributed by atoms with van der Waals surface area (Å²) >= 11 is 0.